The quantitative estimate of drug-likeness (QED) is 0.504. The first-order valence-electron chi connectivity index (χ1n) is 15.0. The van der Waals surface area contributed by atoms with Crippen LogP contribution in [0.25, 0.3) is 11.1 Å². The number of carbonyl (C=O) groups excluding carboxylic acids is 1. The van der Waals surface area contributed by atoms with Crippen molar-refractivity contribution in [3.63, 3.8) is 0 Å². The van der Waals surface area contributed by atoms with Crippen molar-refractivity contribution >= 4 is 15.7 Å². The summed E-state index contributed by atoms with van der Waals surface area (Å²) in [6.45, 7) is 3.01. The highest BCUT2D eigenvalue weighted by atomic mass is 32.2. The molecule has 1 spiro atoms. The predicted molar refractivity (Wildman–Crippen MR) is 157 cm³/mol. The van der Waals surface area contributed by atoms with E-state index < -0.39 is 20.9 Å². The van der Waals surface area contributed by atoms with Gasteiger partial charge in [0.15, 0.2) is 9.84 Å². The number of piperidine rings is 1. The third-order valence-electron chi connectivity index (χ3n) is 9.99. The first kappa shape index (κ1) is 29.1. The Balaban J connectivity index is 1.40. The molecule has 2 saturated carbocycles. The van der Waals surface area contributed by atoms with Gasteiger partial charge < -0.3 is 14.6 Å². The van der Waals surface area contributed by atoms with Crippen LogP contribution in [0.5, 0.6) is 0 Å². The highest BCUT2D eigenvalue weighted by molar-refractivity contribution is 7.90. The van der Waals surface area contributed by atoms with Gasteiger partial charge in [0.25, 0.3) is 5.56 Å². The van der Waals surface area contributed by atoms with Crippen molar-refractivity contribution in [3.05, 3.63) is 52.9 Å². The van der Waals surface area contributed by atoms with Crippen molar-refractivity contribution < 1.29 is 18.3 Å². The summed E-state index contributed by atoms with van der Waals surface area (Å²) in [5.74, 6) is 0.783. The van der Waals surface area contributed by atoms with Gasteiger partial charge in [-0.1, -0.05) is 82.2 Å². The molecule has 1 saturated heterocycles. The maximum absolute atomic E-state index is 13.6. The summed E-state index contributed by atoms with van der Waals surface area (Å²) < 4.78 is 27.0. The van der Waals surface area contributed by atoms with Gasteiger partial charge in [0.05, 0.1) is 17.0 Å². The second-order valence-electron chi connectivity index (χ2n) is 12.8. The number of benzene rings is 1. The first-order chi connectivity index (χ1) is 19.0. The molecule has 7 nitrogen and oxygen atoms in total. The minimum atomic E-state index is -3.65. The molecule has 40 heavy (non-hydrogen) atoms. The number of pyridine rings is 1. The summed E-state index contributed by atoms with van der Waals surface area (Å²) >= 11 is 0. The number of rotatable bonds is 7. The van der Waals surface area contributed by atoms with E-state index in [9.17, 15) is 23.1 Å². The number of amides is 1. The number of hydrogen-bond donors (Lipinski definition) is 1. The van der Waals surface area contributed by atoms with Crippen LogP contribution in [0.2, 0.25) is 0 Å². The lowest BCUT2D eigenvalue weighted by Crippen LogP contribution is -2.62. The maximum Gasteiger partial charge on any atom is 0.251 e. The van der Waals surface area contributed by atoms with Gasteiger partial charge >= 0.3 is 0 Å². The van der Waals surface area contributed by atoms with Crippen molar-refractivity contribution in [1.29, 1.82) is 0 Å². The minimum Gasteiger partial charge on any atom is -0.387 e. The minimum absolute atomic E-state index is 0.0169. The number of likely N-dealkylation sites (tertiary alicyclic amines) is 1. The fraction of sp³-hybridized carbons (Fsp3) is 0.625. The summed E-state index contributed by atoms with van der Waals surface area (Å²) in [5, 5.41) is 12.2. The zero-order valence-corrected chi connectivity index (χ0v) is 24.8. The van der Waals surface area contributed by atoms with Gasteiger partial charge in [-0.25, -0.2) is 8.42 Å². The van der Waals surface area contributed by atoms with E-state index in [1.807, 2.05) is 23.1 Å². The summed E-state index contributed by atoms with van der Waals surface area (Å²) in [7, 11) is -3.65. The number of sulfone groups is 1. The zero-order chi connectivity index (χ0) is 28.5. The molecule has 218 valence electrons. The van der Waals surface area contributed by atoms with Crippen LogP contribution < -0.4 is 5.56 Å². The van der Waals surface area contributed by atoms with Crippen molar-refractivity contribution in [1.82, 2.24) is 9.47 Å². The van der Waals surface area contributed by atoms with Crippen LogP contribution in [0.1, 0.15) is 77.6 Å². The van der Waals surface area contributed by atoms with Gasteiger partial charge in [0.1, 0.15) is 0 Å². The lowest BCUT2D eigenvalue weighted by molar-refractivity contribution is -0.163. The summed E-state index contributed by atoms with van der Waals surface area (Å²) in [4.78, 5) is 29.0. The average Bonchev–Trinajstić information content (AvgIpc) is 3.41. The Morgan fingerprint density at radius 1 is 1.05 bits per heavy atom. The maximum atomic E-state index is 13.6. The normalized spacial score (nSPS) is 24.3. The van der Waals surface area contributed by atoms with Crippen LogP contribution >= 0.6 is 0 Å². The first-order valence-corrected chi connectivity index (χ1v) is 16.9. The molecule has 5 rings (SSSR count). The molecule has 1 N–H and O–H groups in total. The molecular formula is C32H44N2O5S. The molecule has 2 aromatic rings. The van der Waals surface area contributed by atoms with Crippen molar-refractivity contribution in [2.75, 3.05) is 19.3 Å². The number of carbonyl (C=O) groups is 1. The third-order valence-corrected chi connectivity index (χ3v) is 11.1. The number of aliphatic hydroxyl groups is 1. The third kappa shape index (κ3) is 5.80. The van der Waals surface area contributed by atoms with Gasteiger partial charge in [0, 0.05) is 48.5 Å². The highest BCUT2D eigenvalue weighted by Crippen LogP contribution is 2.52. The van der Waals surface area contributed by atoms with Gasteiger partial charge in [-0.05, 0) is 37.2 Å². The van der Waals surface area contributed by atoms with Crippen molar-refractivity contribution in [2.45, 2.75) is 94.6 Å². The van der Waals surface area contributed by atoms with Crippen LogP contribution in [0, 0.1) is 17.3 Å². The Labute approximate surface area is 238 Å². The number of hydrogen-bond acceptors (Lipinski definition) is 5. The summed E-state index contributed by atoms with van der Waals surface area (Å²) in [5.41, 5.74) is -1.02. The zero-order valence-electron chi connectivity index (χ0n) is 24.0. The highest BCUT2D eigenvalue weighted by Gasteiger charge is 2.55. The lowest BCUT2D eigenvalue weighted by Gasteiger charge is -2.53. The Morgan fingerprint density at radius 3 is 2.38 bits per heavy atom. The summed E-state index contributed by atoms with van der Waals surface area (Å²) in [6.07, 6.45) is 13.6. The lowest BCUT2D eigenvalue weighted by atomic mass is 9.65. The fourth-order valence-corrected chi connectivity index (χ4v) is 8.61. The monoisotopic (exact) mass is 568 g/mol. The molecule has 1 aromatic carbocycles. The van der Waals surface area contributed by atoms with Crippen LogP contribution in [-0.4, -0.2) is 53.8 Å². The second kappa shape index (κ2) is 11.4. The van der Waals surface area contributed by atoms with E-state index in [0.29, 0.717) is 36.6 Å². The van der Waals surface area contributed by atoms with Gasteiger partial charge in [-0.2, -0.15) is 0 Å². The Kier molecular flexibility index (Phi) is 8.31. The van der Waals surface area contributed by atoms with Crippen LogP contribution in [0.4, 0.5) is 0 Å². The fourth-order valence-electron chi connectivity index (χ4n) is 7.72. The van der Waals surface area contributed by atoms with Crippen LogP contribution in [-0.2, 0) is 21.2 Å². The molecule has 2 heterocycles. The topological polar surface area (TPSA) is 96.7 Å². The summed E-state index contributed by atoms with van der Waals surface area (Å²) in [6, 6.07) is 10.4. The van der Waals surface area contributed by atoms with Gasteiger partial charge in [0.2, 0.25) is 5.91 Å². The van der Waals surface area contributed by atoms with E-state index in [1.165, 1.54) is 48.9 Å². The van der Waals surface area contributed by atoms with Crippen molar-refractivity contribution in [3.8, 4) is 11.1 Å². The number of nitrogens with zero attached hydrogens (tertiary/aromatic N) is 2. The Hall–Kier alpha value is -2.45. The van der Waals surface area contributed by atoms with Gasteiger partial charge in [-0.15, -0.1) is 0 Å². The Morgan fingerprint density at radius 2 is 1.73 bits per heavy atom. The van der Waals surface area contributed by atoms with E-state index in [1.54, 1.807) is 12.1 Å². The van der Waals surface area contributed by atoms with E-state index in [-0.39, 0.29) is 28.8 Å². The van der Waals surface area contributed by atoms with E-state index in [4.69, 9.17) is 0 Å². The van der Waals surface area contributed by atoms with Crippen LogP contribution in [0.3, 0.4) is 0 Å². The molecule has 1 amide bonds. The number of aromatic nitrogens is 1. The Bertz CT molecular complexity index is 1370. The molecular weight excluding hydrogens is 524 g/mol. The second-order valence-corrected chi connectivity index (χ2v) is 14.8. The molecule has 3 fully saturated rings. The van der Waals surface area contributed by atoms with E-state index >= 15 is 0 Å². The SMILES string of the molecule is CC(CC1CCCCC1)C(=O)N1CCC(O)(Cn2cc(S(C)(=O)=O)c(-c3ccccc3)cc2=O)C2(CCCC2)C1. The molecule has 1 aromatic heterocycles. The molecule has 1 aliphatic heterocycles. The van der Waals surface area contributed by atoms with E-state index in [0.717, 1.165) is 38.4 Å². The van der Waals surface area contributed by atoms with Gasteiger partial charge in [-0.3, -0.25) is 9.59 Å². The largest absolute Gasteiger partial charge is 0.387 e. The molecule has 3 aliphatic rings. The smallest absolute Gasteiger partial charge is 0.251 e. The average molecular weight is 569 g/mol. The molecule has 8 heteroatoms. The molecule has 0 radical (unpaired) electrons. The molecule has 2 unspecified atom stereocenters. The predicted octanol–water partition coefficient (Wildman–Crippen LogP) is 5.05. The van der Waals surface area contributed by atoms with Crippen molar-refractivity contribution in [2.24, 2.45) is 17.3 Å². The van der Waals surface area contributed by atoms with E-state index in [2.05, 4.69) is 6.92 Å². The molecule has 2 atom stereocenters. The van der Waals surface area contributed by atoms with Crippen LogP contribution in [0.15, 0.2) is 52.3 Å². The molecule has 2 aliphatic carbocycles. The molecule has 0 bridgehead atoms. The standard InChI is InChI=1S/C32H44N2O5S/c1-24(19-25-11-5-3-6-12-25)30(36)33-18-17-32(37,31(22-33)15-9-10-16-31)23-34-21-28(40(2,38)39)27(20-29(34)35)26-13-7-4-8-14-26/h4,7-8,13-14,20-21,24-25,37H,3,5-6,9-12,15-19,22-23H2,1-2H3.